The molecule has 4 aliphatic carbocycles. The summed E-state index contributed by atoms with van der Waals surface area (Å²) in [6, 6.07) is 2.41. The van der Waals surface area contributed by atoms with Crippen molar-refractivity contribution in [3.8, 4) is 11.4 Å². The number of hydrogen-bond acceptors (Lipinski definition) is 11. The molecule has 2 aromatic heterocycles. The minimum Gasteiger partial charge on any atom is -0.481 e. The number of nitrogens with zero attached hydrogens (tertiary/aromatic N) is 2. The van der Waals surface area contributed by atoms with Gasteiger partial charge in [0.2, 0.25) is 11.6 Å². The van der Waals surface area contributed by atoms with E-state index >= 15 is 4.39 Å². The largest absolute Gasteiger partial charge is 0.481 e. The SMILES string of the molecule is CCC1(O)C(=O)OCc2c1cc1n(c2=O)Cc2c-1nc1cc(F)c(C)c3c1c2C(NC(=O)OC1CCCC2(C1)OOC1(CC4CC(C(=O)O)C1C4)O2)CC3. The molecule has 3 aliphatic heterocycles. The Morgan fingerprint density at radius 2 is 1.96 bits per heavy atom. The van der Waals surface area contributed by atoms with Gasteiger partial charge < -0.3 is 34.3 Å². The molecule has 2 spiro atoms. The molecule has 8 unspecified atom stereocenters. The molecule has 1 aromatic carbocycles. The van der Waals surface area contributed by atoms with Crippen molar-refractivity contribution in [2.45, 2.75) is 121 Å². The number of halogens is 1. The van der Waals surface area contributed by atoms with Gasteiger partial charge in [-0.2, -0.15) is 9.78 Å². The molecule has 1 saturated heterocycles. The summed E-state index contributed by atoms with van der Waals surface area (Å²) in [5.41, 5.74) is 1.79. The second kappa shape index (κ2) is 11.5. The zero-order valence-corrected chi connectivity index (χ0v) is 29.9. The number of aryl methyl sites for hydroxylation is 1. The number of carboxylic acid groups (broad SMARTS) is 1. The topological polar surface area (TPSA) is 185 Å². The molecule has 3 N–H and O–H groups in total. The second-order valence-corrected chi connectivity index (χ2v) is 16.3. The Morgan fingerprint density at radius 3 is 2.74 bits per heavy atom. The molecule has 8 atom stereocenters. The van der Waals surface area contributed by atoms with E-state index in [-0.39, 0.29) is 49.0 Å². The summed E-state index contributed by atoms with van der Waals surface area (Å²) in [6.45, 7) is 3.20. The Hall–Kier alpha value is -4.44. The highest BCUT2D eigenvalue weighted by atomic mass is 19.1. The first-order chi connectivity index (χ1) is 25.8. The zero-order chi connectivity index (χ0) is 37.5. The van der Waals surface area contributed by atoms with Crippen LogP contribution in [0.25, 0.3) is 22.3 Å². The van der Waals surface area contributed by atoms with E-state index in [4.69, 9.17) is 29.0 Å². The van der Waals surface area contributed by atoms with Crippen LogP contribution in [0.4, 0.5) is 9.18 Å². The minimum absolute atomic E-state index is 0.00658. The van der Waals surface area contributed by atoms with E-state index in [1.54, 1.807) is 19.9 Å². The number of fused-ring (bicyclic) bond motifs is 8. The van der Waals surface area contributed by atoms with Gasteiger partial charge in [-0.3, -0.25) is 9.59 Å². The summed E-state index contributed by atoms with van der Waals surface area (Å²) in [6.07, 6.45) is 3.48. The van der Waals surface area contributed by atoms with Crippen molar-refractivity contribution >= 4 is 28.9 Å². The van der Waals surface area contributed by atoms with Gasteiger partial charge in [0.1, 0.15) is 18.5 Å². The fourth-order valence-electron chi connectivity index (χ4n) is 10.8. The van der Waals surface area contributed by atoms with Gasteiger partial charge in [-0.1, -0.05) is 6.92 Å². The van der Waals surface area contributed by atoms with Crippen LogP contribution in [-0.4, -0.2) is 55.5 Å². The predicted octanol–water partition coefficient (Wildman–Crippen LogP) is 4.68. The molecule has 5 heterocycles. The maximum atomic E-state index is 15.3. The number of alkyl carbamates (subject to hydrolysis) is 1. The van der Waals surface area contributed by atoms with Crippen LogP contribution in [-0.2, 0) is 58.7 Å². The standard InChI is InChI=1S/C39H40FN3O11/c1-3-38(49)24-11-29-32-22(15-43(29)33(44)23(24)16-50-35(38)47)31-27(7-6-20-17(2)26(40)12-28(41-32)30(20)31)42-36(48)51-19-5-4-8-37(14-19)52-39(54-53-37)13-18-9-21(34(45)46)25(39)10-18/h11-12,18-19,21,25,27,49H,3-10,13-16H2,1-2H3,(H,42,48)(H,45,46). The molecule has 2 bridgehead atoms. The molecule has 0 radical (unpaired) electrons. The third kappa shape index (κ3) is 4.67. The van der Waals surface area contributed by atoms with Crippen molar-refractivity contribution < 1.29 is 53.0 Å². The van der Waals surface area contributed by atoms with Crippen molar-refractivity contribution in [3.63, 3.8) is 0 Å². The van der Waals surface area contributed by atoms with Gasteiger partial charge in [-0.15, -0.1) is 0 Å². The van der Waals surface area contributed by atoms with E-state index in [1.807, 2.05) is 0 Å². The number of aromatic nitrogens is 2. The van der Waals surface area contributed by atoms with E-state index in [0.717, 1.165) is 16.5 Å². The molecule has 54 heavy (non-hydrogen) atoms. The number of carboxylic acids is 1. The number of carbonyl (C=O) groups excluding carboxylic acids is 2. The van der Waals surface area contributed by atoms with E-state index in [2.05, 4.69) is 5.32 Å². The number of nitrogens with one attached hydrogen (secondary N) is 1. The summed E-state index contributed by atoms with van der Waals surface area (Å²) < 4.78 is 34.7. The van der Waals surface area contributed by atoms with Crippen LogP contribution in [0.1, 0.15) is 104 Å². The summed E-state index contributed by atoms with van der Waals surface area (Å²) in [4.78, 5) is 69.0. The number of cyclic esters (lactones) is 1. The predicted molar refractivity (Wildman–Crippen MR) is 183 cm³/mol. The van der Waals surface area contributed by atoms with Crippen LogP contribution >= 0.6 is 0 Å². The number of pyridine rings is 2. The van der Waals surface area contributed by atoms with Crippen molar-refractivity contribution in [2.75, 3.05) is 0 Å². The molecule has 15 heteroatoms. The number of benzene rings is 1. The first kappa shape index (κ1) is 34.1. The maximum Gasteiger partial charge on any atom is 0.407 e. The number of ether oxygens (including phenoxy) is 3. The molecular formula is C39H40FN3O11. The van der Waals surface area contributed by atoms with Gasteiger partial charge in [0.05, 0.1) is 41.0 Å². The van der Waals surface area contributed by atoms with Crippen LogP contribution in [0.15, 0.2) is 16.9 Å². The third-order valence-electron chi connectivity index (χ3n) is 13.4. The molecule has 284 valence electrons. The van der Waals surface area contributed by atoms with E-state index in [1.165, 1.54) is 10.6 Å². The van der Waals surface area contributed by atoms with Gasteiger partial charge in [-0.25, -0.2) is 19.0 Å². The van der Waals surface area contributed by atoms with Gasteiger partial charge in [0, 0.05) is 47.8 Å². The summed E-state index contributed by atoms with van der Waals surface area (Å²) in [5, 5.41) is 24.9. The number of aliphatic carboxylic acids is 1. The molecule has 4 fully saturated rings. The Labute approximate surface area is 307 Å². The molecule has 14 nitrogen and oxygen atoms in total. The Bertz CT molecular complexity index is 2280. The molecule has 1 amide bonds. The molecule has 3 aromatic rings. The van der Waals surface area contributed by atoms with Gasteiger partial charge in [0.15, 0.2) is 5.60 Å². The quantitative estimate of drug-likeness (QED) is 0.194. The zero-order valence-electron chi connectivity index (χ0n) is 29.9. The van der Waals surface area contributed by atoms with E-state index in [9.17, 15) is 29.4 Å². The third-order valence-corrected chi connectivity index (χ3v) is 13.4. The highest BCUT2D eigenvalue weighted by molar-refractivity contribution is 5.93. The van der Waals surface area contributed by atoms with Crippen molar-refractivity contribution in [1.82, 2.24) is 14.9 Å². The molecule has 10 rings (SSSR count). The van der Waals surface area contributed by atoms with Crippen molar-refractivity contribution in [3.05, 3.63) is 61.7 Å². The number of hydrogen-bond donors (Lipinski definition) is 3. The Balaban J connectivity index is 0.953. The Kier molecular flexibility index (Phi) is 7.28. The number of aliphatic hydroxyl groups is 1. The van der Waals surface area contributed by atoms with E-state index in [0.29, 0.717) is 79.4 Å². The van der Waals surface area contributed by atoms with Crippen molar-refractivity contribution in [1.29, 1.82) is 0 Å². The highest BCUT2D eigenvalue weighted by Gasteiger charge is 2.67. The number of rotatable bonds is 4. The Morgan fingerprint density at radius 1 is 1.13 bits per heavy atom. The normalized spacial score (nSPS) is 34.2. The van der Waals surface area contributed by atoms with Gasteiger partial charge in [0.25, 0.3) is 5.56 Å². The fraction of sp³-hybridized carbons (Fsp3) is 0.564. The van der Waals surface area contributed by atoms with Crippen molar-refractivity contribution in [2.24, 2.45) is 17.8 Å². The number of carbonyl (C=O) groups is 3. The lowest BCUT2D eigenvalue weighted by Gasteiger charge is -2.38. The summed E-state index contributed by atoms with van der Waals surface area (Å²) >= 11 is 0. The number of amides is 1. The molecule has 7 aliphatic rings. The van der Waals surface area contributed by atoms with E-state index < -0.39 is 64.6 Å². The van der Waals surface area contributed by atoms with Crippen LogP contribution < -0.4 is 10.9 Å². The van der Waals surface area contributed by atoms with Gasteiger partial charge >= 0.3 is 18.0 Å². The first-order valence-electron chi connectivity index (χ1n) is 18.9. The van der Waals surface area contributed by atoms with Gasteiger partial charge in [-0.05, 0) is 80.5 Å². The summed E-state index contributed by atoms with van der Waals surface area (Å²) in [7, 11) is 0. The molecular weight excluding hydrogens is 705 g/mol. The monoisotopic (exact) mass is 745 g/mol. The molecule has 3 saturated carbocycles. The smallest absolute Gasteiger partial charge is 0.407 e. The lowest BCUT2D eigenvalue weighted by Crippen LogP contribution is -2.47. The average Bonchev–Trinajstić information content (AvgIpc) is 3.91. The van der Waals surface area contributed by atoms with Crippen LogP contribution in [0, 0.1) is 30.5 Å². The second-order valence-electron chi connectivity index (χ2n) is 16.3. The lowest BCUT2D eigenvalue weighted by molar-refractivity contribution is -0.365. The van der Waals surface area contributed by atoms with Crippen LogP contribution in [0.3, 0.4) is 0 Å². The first-order valence-corrected chi connectivity index (χ1v) is 18.9. The lowest BCUT2D eigenvalue weighted by atomic mass is 9.81. The maximum absolute atomic E-state index is 15.3. The fourth-order valence-corrected chi connectivity index (χ4v) is 10.8. The van der Waals surface area contributed by atoms with Crippen LogP contribution in [0.2, 0.25) is 0 Å². The minimum atomic E-state index is -2.00. The average molecular weight is 746 g/mol. The summed E-state index contributed by atoms with van der Waals surface area (Å²) in [5.74, 6) is -5.05. The van der Waals surface area contributed by atoms with Crippen LogP contribution in [0.5, 0.6) is 0 Å². The highest BCUT2D eigenvalue weighted by Crippen LogP contribution is 2.61. The number of esters is 1.